The highest BCUT2D eigenvalue weighted by Gasteiger charge is 2.28. The fourth-order valence-electron chi connectivity index (χ4n) is 3.03. The van der Waals surface area contributed by atoms with Gasteiger partial charge in [0.25, 0.3) is 5.91 Å². The Bertz CT molecular complexity index is 887. The van der Waals surface area contributed by atoms with Gasteiger partial charge >= 0.3 is 0 Å². The quantitative estimate of drug-likeness (QED) is 0.803. The van der Waals surface area contributed by atoms with Crippen molar-refractivity contribution < 1.29 is 27.1 Å². The number of hydrogen-bond acceptors (Lipinski definition) is 6. The van der Waals surface area contributed by atoms with Crippen LogP contribution < -0.4 is 14.2 Å². The average molecular weight is 394 g/mol. The molecule has 8 nitrogen and oxygen atoms in total. The first-order valence-corrected chi connectivity index (χ1v) is 10.00. The van der Waals surface area contributed by atoms with Crippen molar-refractivity contribution in [3.8, 4) is 11.5 Å². The van der Waals surface area contributed by atoms with Crippen LogP contribution in [-0.2, 0) is 10.0 Å². The normalized spacial score (nSPS) is 15.6. The van der Waals surface area contributed by atoms with Crippen LogP contribution in [0, 0.1) is 0 Å². The van der Waals surface area contributed by atoms with Crippen molar-refractivity contribution >= 4 is 15.9 Å². The van der Waals surface area contributed by atoms with Gasteiger partial charge in [-0.25, -0.2) is 13.1 Å². The summed E-state index contributed by atoms with van der Waals surface area (Å²) in [5.74, 6) is 0.918. The topological polar surface area (TPSA) is 98.1 Å². The summed E-state index contributed by atoms with van der Waals surface area (Å²) >= 11 is 0. The lowest BCUT2D eigenvalue weighted by Gasteiger charge is -2.31. The lowest BCUT2D eigenvalue weighted by Crippen LogP contribution is -2.46. The minimum absolute atomic E-state index is 0.106. The SMILES string of the molecule is COc1ccc(S(=O)(=O)NC2CCN(C(=O)c3ccco3)CC2)cc1OC. The maximum Gasteiger partial charge on any atom is 0.289 e. The largest absolute Gasteiger partial charge is 0.493 e. The molecule has 0 unspecified atom stereocenters. The molecule has 0 atom stereocenters. The molecule has 0 radical (unpaired) electrons. The fourth-order valence-corrected chi connectivity index (χ4v) is 4.35. The minimum Gasteiger partial charge on any atom is -0.493 e. The molecule has 0 aliphatic carbocycles. The van der Waals surface area contributed by atoms with Crippen molar-refractivity contribution in [3.05, 3.63) is 42.4 Å². The zero-order chi connectivity index (χ0) is 19.4. The predicted octanol–water partition coefficient (Wildman–Crippen LogP) is 1.88. The van der Waals surface area contributed by atoms with Crippen molar-refractivity contribution in [3.63, 3.8) is 0 Å². The maximum absolute atomic E-state index is 12.7. The van der Waals surface area contributed by atoms with Crippen molar-refractivity contribution in [2.24, 2.45) is 0 Å². The number of carbonyl (C=O) groups is 1. The average Bonchev–Trinajstić information content (AvgIpc) is 3.22. The lowest BCUT2D eigenvalue weighted by atomic mass is 10.1. The predicted molar refractivity (Wildman–Crippen MR) is 97.5 cm³/mol. The number of furan rings is 1. The zero-order valence-electron chi connectivity index (χ0n) is 15.2. The van der Waals surface area contributed by atoms with E-state index in [0.29, 0.717) is 43.2 Å². The molecule has 1 saturated heterocycles. The molecule has 2 aromatic rings. The van der Waals surface area contributed by atoms with E-state index in [-0.39, 0.29) is 16.8 Å². The molecule has 1 amide bonds. The number of sulfonamides is 1. The monoisotopic (exact) mass is 394 g/mol. The molecule has 1 aliphatic heterocycles. The van der Waals surface area contributed by atoms with Crippen molar-refractivity contribution in [1.29, 1.82) is 0 Å². The van der Waals surface area contributed by atoms with E-state index < -0.39 is 10.0 Å². The number of nitrogens with one attached hydrogen (secondary N) is 1. The number of benzene rings is 1. The summed E-state index contributed by atoms with van der Waals surface area (Å²) in [5, 5.41) is 0. The van der Waals surface area contributed by atoms with Crippen LogP contribution in [-0.4, -0.2) is 52.6 Å². The number of methoxy groups -OCH3 is 2. The van der Waals surface area contributed by atoms with Crippen molar-refractivity contribution in [2.45, 2.75) is 23.8 Å². The van der Waals surface area contributed by atoms with Gasteiger partial charge in [-0.15, -0.1) is 0 Å². The molecule has 1 aromatic heterocycles. The van der Waals surface area contributed by atoms with E-state index in [1.54, 1.807) is 23.1 Å². The van der Waals surface area contributed by atoms with Crippen LogP contribution in [0.25, 0.3) is 0 Å². The maximum atomic E-state index is 12.7. The molecule has 1 aliphatic rings. The Labute approximate surface area is 158 Å². The highest BCUT2D eigenvalue weighted by Crippen LogP contribution is 2.29. The fraction of sp³-hybridized carbons (Fsp3) is 0.389. The molecule has 146 valence electrons. The molecule has 1 N–H and O–H groups in total. The van der Waals surface area contributed by atoms with E-state index in [9.17, 15) is 13.2 Å². The van der Waals surface area contributed by atoms with Crippen LogP contribution in [0.2, 0.25) is 0 Å². The van der Waals surface area contributed by atoms with Crippen molar-refractivity contribution in [1.82, 2.24) is 9.62 Å². The van der Waals surface area contributed by atoms with E-state index in [1.807, 2.05) is 0 Å². The summed E-state index contributed by atoms with van der Waals surface area (Å²) < 4.78 is 43.5. The van der Waals surface area contributed by atoms with Crippen LogP contribution in [0.3, 0.4) is 0 Å². The molecule has 1 aromatic carbocycles. The van der Waals surface area contributed by atoms with Gasteiger partial charge in [0.15, 0.2) is 17.3 Å². The zero-order valence-corrected chi connectivity index (χ0v) is 16.0. The standard InChI is InChI=1S/C18H22N2O6S/c1-24-15-6-5-14(12-17(15)25-2)27(22,23)19-13-7-9-20(10-8-13)18(21)16-4-3-11-26-16/h3-6,11-13,19H,7-10H2,1-2H3. The number of nitrogens with zero attached hydrogens (tertiary/aromatic N) is 1. The third-order valence-electron chi connectivity index (χ3n) is 4.50. The summed E-state index contributed by atoms with van der Waals surface area (Å²) in [6.07, 6.45) is 2.51. The van der Waals surface area contributed by atoms with E-state index in [2.05, 4.69) is 4.72 Å². The molecule has 3 rings (SSSR count). The van der Waals surface area contributed by atoms with Gasteiger partial charge in [-0.2, -0.15) is 0 Å². The molecule has 9 heteroatoms. The number of rotatable bonds is 6. The first kappa shape index (κ1) is 19.2. The summed E-state index contributed by atoms with van der Waals surface area (Å²) in [5.41, 5.74) is 0. The van der Waals surface area contributed by atoms with Gasteiger partial charge in [-0.3, -0.25) is 4.79 Å². The summed E-state index contributed by atoms with van der Waals surface area (Å²) in [7, 11) is -0.766. The van der Waals surface area contributed by atoms with Crippen LogP contribution >= 0.6 is 0 Å². The van der Waals surface area contributed by atoms with Crippen LogP contribution in [0.1, 0.15) is 23.4 Å². The van der Waals surface area contributed by atoms with Gasteiger partial charge in [-0.05, 0) is 37.1 Å². The second-order valence-corrected chi connectivity index (χ2v) is 7.90. The smallest absolute Gasteiger partial charge is 0.289 e. The molecule has 0 saturated carbocycles. The third-order valence-corrected chi connectivity index (χ3v) is 6.02. The van der Waals surface area contributed by atoms with Gasteiger partial charge in [0.1, 0.15) is 0 Å². The number of likely N-dealkylation sites (tertiary alicyclic amines) is 1. The number of ether oxygens (including phenoxy) is 2. The van der Waals surface area contributed by atoms with Crippen LogP contribution in [0.5, 0.6) is 11.5 Å². The first-order chi connectivity index (χ1) is 12.9. The molecular formula is C18H22N2O6S. The van der Waals surface area contributed by atoms with Gasteiger partial charge in [-0.1, -0.05) is 0 Å². The van der Waals surface area contributed by atoms with E-state index >= 15 is 0 Å². The van der Waals surface area contributed by atoms with E-state index in [1.165, 1.54) is 32.6 Å². The molecule has 1 fully saturated rings. The first-order valence-electron chi connectivity index (χ1n) is 8.51. The van der Waals surface area contributed by atoms with Gasteiger partial charge in [0, 0.05) is 25.2 Å². The minimum atomic E-state index is -3.71. The molecule has 2 heterocycles. The Morgan fingerprint density at radius 2 is 1.85 bits per heavy atom. The Balaban J connectivity index is 1.63. The van der Waals surface area contributed by atoms with Crippen LogP contribution in [0.4, 0.5) is 0 Å². The van der Waals surface area contributed by atoms with E-state index in [0.717, 1.165) is 0 Å². The van der Waals surface area contributed by atoms with E-state index in [4.69, 9.17) is 13.9 Å². The molecular weight excluding hydrogens is 372 g/mol. The summed E-state index contributed by atoms with van der Waals surface area (Å²) in [4.78, 5) is 14.0. The Kier molecular flexibility index (Phi) is 5.71. The Morgan fingerprint density at radius 1 is 1.15 bits per heavy atom. The number of hydrogen-bond donors (Lipinski definition) is 1. The summed E-state index contributed by atoms with van der Waals surface area (Å²) in [6.45, 7) is 0.914. The summed E-state index contributed by atoms with van der Waals surface area (Å²) in [6, 6.07) is 7.49. The number of piperidine rings is 1. The molecule has 27 heavy (non-hydrogen) atoms. The second-order valence-electron chi connectivity index (χ2n) is 6.18. The Morgan fingerprint density at radius 3 is 2.44 bits per heavy atom. The van der Waals surface area contributed by atoms with Crippen LogP contribution in [0.15, 0.2) is 45.9 Å². The van der Waals surface area contributed by atoms with Gasteiger partial charge in [0.05, 0.1) is 25.4 Å². The van der Waals surface area contributed by atoms with Crippen molar-refractivity contribution in [2.75, 3.05) is 27.3 Å². The lowest BCUT2D eigenvalue weighted by molar-refractivity contribution is 0.0679. The highest BCUT2D eigenvalue weighted by molar-refractivity contribution is 7.89. The van der Waals surface area contributed by atoms with Gasteiger partial charge in [0.2, 0.25) is 10.0 Å². The third kappa shape index (κ3) is 4.25. The molecule has 0 bridgehead atoms. The second kappa shape index (κ2) is 8.01. The number of carbonyl (C=O) groups excluding carboxylic acids is 1. The highest BCUT2D eigenvalue weighted by atomic mass is 32.2. The molecule has 0 spiro atoms. The van der Waals surface area contributed by atoms with Gasteiger partial charge < -0.3 is 18.8 Å². The number of amides is 1. The Hall–Kier alpha value is -2.52.